The van der Waals surface area contributed by atoms with Crippen LogP contribution in [0.25, 0.3) is 0 Å². The van der Waals surface area contributed by atoms with Gasteiger partial charge < -0.3 is 15.5 Å². The zero-order chi connectivity index (χ0) is 14.6. The first-order valence-corrected chi connectivity index (χ1v) is 8.05. The van der Waals surface area contributed by atoms with Gasteiger partial charge >= 0.3 is 0 Å². The first-order valence-electron chi connectivity index (χ1n) is 6.34. The molecular weight excluding hydrogens is 282 g/mol. The number of hydrogen-bond donors (Lipinski definition) is 3. The van der Waals surface area contributed by atoms with Gasteiger partial charge in [-0.1, -0.05) is 0 Å². The average molecular weight is 301 g/mol. The number of nitrogen functional groups attached to an aromatic ring is 1. The topological polar surface area (TPSA) is 119 Å². The Hall–Kier alpha value is -1.45. The normalized spacial score (nSPS) is 20.8. The summed E-state index contributed by atoms with van der Waals surface area (Å²) in [6.45, 7) is 0.599. The summed E-state index contributed by atoms with van der Waals surface area (Å²) in [5, 5.41) is 2.68. The van der Waals surface area contributed by atoms with E-state index in [-0.39, 0.29) is 17.6 Å². The number of sulfone groups is 1. The van der Waals surface area contributed by atoms with Crippen molar-refractivity contribution < 1.29 is 13.2 Å². The van der Waals surface area contributed by atoms with E-state index in [1.807, 2.05) is 0 Å². The number of aromatic nitrogens is 2. The Kier molecular flexibility index (Phi) is 4.73. The monoisotopic (exact) mass is 301 g/mol. The van der Waals surface area contributed by atoms with Crippen LogP contribution in [0.1, 0.15) is 18.7 Å². The van der Waals surface area contributed by atoms with Crippen molar-refractivity contribution in [2.24, 2.45) is 5.84 Å². The van der Waals surface area contributed by atoms with Crippen LogP contribution in [0.3, 0.4) is 0 Å². The summed E-state index contributed by atoms with van der Waals surface area (Å²) in [5.74, 6) is 7.06. The molecule has 1 aliphatic rings. The standard InChI is InChI=1S/C11H19N5O3S/c1-19-7-11-14-9(5-10(15-11)16-12)13-6-8-3-2-4-20(8,17)18/h5,8H,2-4,6-7,12H2,1H3,(H2,13,14,15,16). The van der Waals surface area contributed by atoms with Gasteiger partial charge in [0.1, 0.15) is 18.2 Å². The van der Waals surface area contributed by atoms with E-state index in [1.54, 1.807) is 13.2 Å². The van der Waals surface area contributed by atoms with Gasteiger partial charge in [0.05, 0.1) is 11.0 Å². The van der Waals surface area contributed by atoms with Crippen molar-refractivity contribution in [2.75, 3.05) is 30.1 Å². The summed E-state index contributed by atoms with van der Waals surface area (Å²) >= 11 is 0. The number of nitrogens with two attached hydrogens (primary N) is 1. The summed E-state index contributed by atoms with van der Waals surface area (Å²) in [5.41, 5.74) is 2.45. The number of anilines is 2. The molecule has 8 nitrogen and oxygen atoms in total. The van der Waals surface area contributed by atoms with Gasteiger partial charge in [-0.3, -0.25) is 0 Å². The maximum absolute atomic E-state index is 11.8. The van der Waals surface area contributed by atoms with E-state index in [4.69, 9.17) is 10.6 Å². The highest BCUT2D eigenvalue weighted by Crippen LogP contribution is 2.20. The molecule has 2 rings (SSSR count). The number of hydrogen-bond acceptors (Lipinski definition) is 8. The molecule has 0 aliphatic carbocycles. The molecule has 0 spiro atoms. The predicted molar refractivity (Wildman–Crippen MR) is 75.9 cm³/mol. The predicted octanol–water partition coefficient (Wildman–Crippen LogP) is -0.102. The van der Waals surface area contributed by atoms with E-state index >= 15 is 0 Å². The van der Waals surface area contributed by atoms with Crippen LogP contribution in [0.4, 0.5) is 11.6 Å². The zero-order valence-electron chi connectivity index (χ0n) is 11.3. The van der Waals surface area contributed by atoms with Gasteiger partial charge in [-0.05, 0) is 12.8 Å². The third kappa shape index (κ3) is 3.56. The number of nitrogens with one attached hydrogen (secondary N) is 2. The van der Waals surface area contributed by atoms with E-state index in [0.29, 0.717) is 30.4 Å². The molecule has 0 amide bonds. The van der Waals surface area contributed by atoms with Gasteiger partial charge in [0.25, 0.3) is 0 Å². The van der Waals surface area contributed by atoms with E-state index in [0.717, 1.165) is 6.42 Å². The quantitative estimate of drug-likeness (QED) is 0.492. The van der Waals surface area contributed by atoms with E-state index in [9.17, 15) is 8.42 Å². The molecule has 0 aromatic carbocycles. The van der Waals surface area contributed by atoms with Crippen LogP contribution >= 0.6 is 0 Å². The first-order chi connectivity index (χ1) is 9.55. The van der Waals surface area contributed by atoms with Crippen molar-refractivity contribution >= 4 is 21.5 Å². The smallest absolute Gasteiger partial charge is 0.158 e. The van der Waals surface area contributed by atoms with Crippen molar-refractivity contribution in [3.05, 3.63) is 11.9 Å². The number of rotatable bonds is 6. The molecule has 0 bridgehead atoms. The van der Waals surface area contributed by atoms with Crippen molar-refractivity contribution in [2.45, 2.75) is 24.7 Å². The molecule has 1 atom stereocenters. The Morgan fingerprint density at radius 3 is 2.80 bits per heavy atom. The molecule has 1 unspecified atom stereocenters. The van der Waals surface area contributed by atoms with Gasteiger partial charge in [0, 0.05) is 19.7 Å². The van der Waals surface area contributed by atoms with Crippen LogP contribution in [-0.2, 0) is 21.2 Å². The van der Waals surface area contributed by atoms with Gasteiger partial charge in [-0.2, -0.15) is 0 Å². The second-order valence-corrected chi connectivity index (χ2v) is 7.04. The minimum Gasteiger partial charge on any atom is -0.377 e. The van der Waals surface area contributed by atoms with Gasteiger partial charge in [0.2, 0.25) is 0 Å². The van der Waals surface area contributed by atoms with Crippen molar-refractivity contribution in [3.8, 4) is 0 Å². The number of ether oxygens (including phenoxy) is 1. The molecule has 1 aromatic heterocycles. The Bertz CT molecular complexity index is 563. The zero-order valence-corrected chi connectivity index (χ0v) is 12.1. The minimum absolute atomic E-state index is 0.256. The van der Waals surface area contributed by atoms with Crippen LogP contribution in [0.5, 0.6) is 0 Å². The van der Waals surface area contributed by atoms with Gasteiger partial charge in [-0.25, -0.2) is 24.2 Å². The molecule has 0 radical (unpaired) electrons. The third-order valence-electron chi connectivity index (χ3n) is 3.17. The molecule has 4 N–H and O–H groups in total. The summed E-state index contributed by atoms with van der Waals surface area (Å²) < 4.78 is 28.5. The maximum Gasteiger partial charge on any atom is 0.158 e. The molecule has 1 aliphatic heterocycles. The average Bonchev–Trinajstić information content (AvgIpc) is 2.75. The van der Waals surface area contributed by atoms with Gasteiger partial charge in [-0.15, -0.1) is 0 Å². The van der Waals surface area contributed by atoms with Gasteiger partial charge in [0.15, 0.2) is 15.7 Å². The molecular formula is C11H19N5O3S. The van der Waals surface area contributed by atoms with Crippen LogP contribution in [0, 0.1) is 0 Å². The molecule has 1 saturated heterocycles. The third-order valence-corrected chi connectivity index (χ3v) is 5.44. The summed E-state index contributed by atoms with van der Waals surface area (Å²) in [7, 11) is -1.42. The minimum atomic E-state index is -2.96. The lowest BCUT2D eigenvalue weighted by atomic mass is 10.2. The fourth-order valence-electron chi connectivity index (χ4n) is 2.16. The van der Waals surface area contributed by atoms with E-state index in [1.165, 1.54) is 0 Å². The van der Waals surface area contributed by atoms with Crippen molar-refractivity contribution in [1.29, 1.82) is 0 Å². The molecule has 1 aromatic rings. The second-order valence-electron chi connectivity index (χ2n) is 4.64. The lowest BCUT2D eigenvalue weighted by molar-refractivity contribution is 0.178. The van der Waals surface area contributed by atoms with E-state index < -0.39 is 9.84 Å². The van der Waals surface area contributed by atoms with Crippen LogP contribution in [0.15, 0.2) is 6.07 Å². The highest BCUT2D eigenvalue weighted by Gasteiger charge is 2.30. The summed E-state index contributed by atoms with van der Waals surface area (Å²) in [6, 6.07) is 1.63. The molecule has 20 heavy (non-hydrogen) atoms. The lowest BCUT2D eigenvalue weighted by Crippen LogP contribution is -2.25. The van der Waals surface area contributed by atoms with Crippen molar-refractivity contribution in [3.63, 3.8) is 0 Å². The Morgan fingerprint density at radius 1 is 1.45 bits per heavy atom. The lowest BCUT2D eigenvalue weighted by Gasteiger charge is -2.13. The summed E-state index contributed by atoms with van der Waals surface area (Å²) in [6.07, 6.45) is 1.41. The molecule has 112 valence electrons. The van der Waals surface area contributed by atoms with Crippen LogP contribution in [-0.4, -0.2) is 43.0 Å². The number of hydrazine groups is 1. The summed E-state index contributed by atoms with van der Waals surface area (Å²) in [4.78, 5) is 8.36. The Morgan fingerprint density at radius 2 is 2.20 bits per heavy atom. The van der Waals surface area contributed by atoms with Crippen LogP contribution in [0.2, 0.25) is 0 Å². The number of nitrogens with zero attached hydrogens (tertiary/aromatic N) is 2. The second kappa shape index (κ2) is 6.33. The fraction of sp³-hybridized carbons (Fsp3) is 0.636. The molecule has 1 fully saturated rings. The largest absolute Gasteiger partial charge is 0.377 e. The fourth-order valence-corrected chi connectivity index (χ4v) is 3.93. The SMILES string of the molecule is COCc1nc(NN)cc(NCC2CCCS2(=O)=O)n1. The highest BCUT2D eigenvalue weighted by molar-refractivity contribution is 7.92. The van der Waals surface area contributed by atoms with Crippen LogP contribution < -0.4 is 16.6 Å². The molecule has 0 saturated carbocycles. The highest BCUT2D eigenvalue weighted by atomic mass is 32.2. The molecule has 2 heterocycles. The number of methoxy groups -OCH3 is 1. The molecule has 9 heteroatoms. The first kappa shape index (κ1) is 14.9. The van der Waals surface area contributed by atoms with E-state index in [2.05, 4.69) is 20.7 Å². The Labute approximate surface area is 118 Å². The maximum atomic E-state index is 11.8. The van der Waals surface area contributed by atoms with Crippen molar-refractivity contribution in [1.82, 2.24) is 9.97 Å². The Balaban J connectivity index is 2.07.